The number of furan rings is 1. The number of morpholine rings is 1. The molecule has 5 rings (SSSR count). The fourth-order valence-electron chi connectivity index (χ4n) is 5.65. The highest BCUT2D eigenvalue weighted by Gasteiger charge is 2.48. The van der Waals surface area contributed by atoms with Crippen molar-refractivity contribution in [3.05, 3.63) is 24.1 Å². The lowest BCUT2D eigenvalue weighted by Gasteiger charge is -2.45. The summed E-state index contributed by atoms with van der Waals surface area (Å²) in [6, 6.07) is 3.88. The fourth-order valence-corrected chi connectivity index (χ4v) is 5.65. The fraction of sp³-hybridized carbons (Fsp3) is 0.704. The maximum atomic E-state index is 13.7. The predicted octanol–water partition coefficient (Wildman–Crippen LogP) is 3.89. The summed E-state index contributed by atoms with van der Waals surface area (Å²) in [5, 5.41) is 3.31. The first-order valence-corrected chi connectivity index (χ1v) is 13.5. The SMILES string of the molecule is CC.CC1CCC(NC(=O)C2(C)Cn3c(cc4occc43)C(=O)N2CCCN2CCOCC2)CC1. The summed E-state index contributed by atoms with van der Waals surface area (Å²) in [4.78, 5) is 31.6. The number of hydrogen-bond acceptors (Lipinski definition) is 5. The minimum atomic E-state index is -0.943. The van der Waals surface area contributed by atoms with Crippen LogP contribution >= 0.6 is 0 Å². The van der Waals surface area contributed by atoms with E-state index in [0.717, 1.165) is 76.4 Å². The first kappa shape index (κ1) is 25.8. The maximum absolute atomic E-state index is 13.7. The van der Waals surface area contributed by atoms with Crippen LogP contribution in [0.5, 0.6) is 0 Å². The largest absolute Gasteiger partial charge is 0.463 e. The van der Waals surface area contributed by atoms with Crippen molar-refractivity contribution in [2.45, 2.75) is 77.9 Å². The minimum absolute atomic E-state index is 0.0437. The molecular formula is C27H42N4O4. The van der Waals surface area contributed by atoms with Gasteiger partial charge < -0.3 is 23.9 Å². The Kier molecular flexibility index (Phi) is 8.22. The van der Waals surface area contributed by atoms with Gasteiger partial charge in [-0.05, 0) is 44.9 Å². The lowest BCUT2D eigenvalue weighted by Crippen LogP contribution is -2.65. The van der Waals surface area contributed by atoms with E-state index in [-0.39, 0.29) is 17.9 Å². The van der Waals surface area contributed by atoms with Crippen molar-refractivity contribution in [2.75, 3.05) is 39.4 Å². The third-order valence-corrected chi connectivity index (χ3v) is 7.85. The lowest BCUT2D eigenvalue weighted by molar-refractivity contribution is -0.133. The molecule has 8 nitrogen and oxygen atoms in total. The van der Waals surface area contributed by atoms with Crippen molar-refractivity contribution in [1.29, 1.82) is 0 Å². The quantitative estimate of drug-likeness (QED) is 0.670. The van der Waals surface area contributed by atoms with Crippen LogP contribution in [0.3, 0.4) is 0 Å². The Hall–Kier alpha value is -2.32. The van der Waals surface area contributed by atoms with Gasteiger partial charge in [-0.3, -0.25) is 14.5 Å². The van der Waals surface area contributed by atoms with E-state index in [9.17, 15) is 9.59 Å². The zero-order valence-corrected chi connectivity index (χ0v) is 21.8. The predicted molar refractivity (Wildman–Crippen MR) is 136 cm³/mol. The van der Waals surface area contributed by atoms with Gasteiger partial charge in [0.05, 0.1) is 31.5 Å². The standard InChI is InChI=1S/C25H36N4O4.C2H6/c1-18-4-6-19(7-5-18)26-24(31)25(2)17-28-20-8-13-33-22(20)16-21(28)23(30)29(25)10-3-9-27-11-14-32-15-12-27;1-2/h8,13,16,18-19H,3-7,9-12,14-15,17H2,1-2H3,(H,26,31);1-2H3. The molecule has 2 aliphatic heterocycles. The summed E-state index contributed by atoms with van der Waals surface area (Å²) in [5.74, 6) is 0.584. The Morgan fingerprint density at radius 3 is 2.57 bits per heavy atom. The van der Waals surface area contributed by atoms with Gasteiger partial charge in [-0.15, -0.1) is 0 Å². The smallest absolute Gasteiger partial charge is 0.271 e. The summed E-state index contributed by atoms with van der Waals surface area (Å²) < 4.78 is 13.0. The van der Waals surface area contributed by atoms with Gasteiger partial charge in [-0.1, -0.05) is 20.8 Å². The third kappa shape index (κ3) is 5.28. The Morgan fingerprint density at radius 2 is 1.86 bits per heavy atom. The van der Waals surface area contributed by atoms with Gasteiger partial charge in [0, 0.05) is 44.4 Å². The number of amides is 2. The Balaban J connectivity index is 0.00000141. The summed E-state index contributed by atoms with van der Waals surface area (Å²) in [6.45, 7) is 13.4. The van der Waals surface area contributed by atoms with Crippen molar-refractivity contribution in [2.24, 2.45) is 5.92 Å². The topological polar surface area (TPSA) is 80.0 Å². The lowest BCUT2D eigenvalue weighted by atomic mass is 9.86. The van der Waals surface area contributed by atoms with E-state index in [1.165, 1.54) is 0 Å². The number of nitrogens with zero attached hydrogens (tertiary/aromatic N) is 3. The minimum Gasteiger partial charge on any atom is -0.463 e. The first-order valence-electron chi connectivity index (χ1n) is 13.5. The molecule has 35 heavy (non-hydrogen) atoms. The second-order valence-electron chi connectivity index (χ2n) is 10.3. The van der Waals surface area contributed by atoms with Crippen LogP contribution in [0.15, 0.2) is 22.8 Å². The highest BCUT2D eigenvalue weighted by Crippen LogP contribution is 2.33. The average molecular weight is 487 g/mol. The molecule has 0 aromatic carbocycles. The molecule has 1 saturated carbocycles. The van der Waals surface area contributed by atoms with E-state index in [1.807, 2.05) is 42.4 Å². The molecule has 3 aliphatic rings. The van der Waals surface area contributed by atoms with E-state index < -0.39 is 5.54 Å². The van der Waals surface area contributed by atoms with Crippen molar-refractivity contribution in [3.8, 4) is 0 Å². The molecule has 2 aromatic heterocycles. The number of nitrogens with one attached hydrogen (secondary N) is 1. The van der Waals surface area contributed by atoms with Gasteiger partial charge >= 0.3 is 0 Å². The van der Waals surface area contributed by atoms with Gasteiger partial charge in [0.25, 0.3) is 5.91 Å². The van der Waals surface area contributed by atoms with Crippen LogP contribution in [0.2, 0.25) is 0 Å². The molecule has 4 heterocycles. The zero-order valence-electron chi connectivity index (χ0n) is 21.8. The van der Waals surface area contributed by atoms with E-state index >= 15 is 0 Å². The Morgan fingerprint density at radius 1 is 1.14 bits per heavy atom. The number of rotatable bonds is 6. The van der Waals surface area contributed by atoms with Crippen LogP contribution in [0.25, 0.3) is 11.1 Å². The van der Waals surface area contributed by atoms with Crippen molar-refractivity contribution in [3.63, 3.8) is 0 Å². The summed E-state index contributed by atoms with van der Waals surface area (Å²) in [6.07, 6.45) is 6.76. The molecule has 1 saturated heterocycles. The van der Waals surface area contributed by atoms with Gasteiger partial charge in [-0.2, -0.15) is 0 Å². The summed E-state index contributed by atoms with van der Waals surface area (Å²) >= 11 is 0. The second kappa shape index (κ2) is 11.2. The number of hydrogen-bond donors (Lipinski definition) is 1. The van der Waals surface area contributed by atoms with E-state index in [2.05, 4.69) is 17.1 Å². The summed E-state index contributed by atoms with van der Waals surface area (Å²) in [7, 11) is 0. The molecule has 1 N–H and O–H groups in total. The van der Waals surface area contributed by atoms with Crippen LogP contribution < -0.4 is 5.32 Å². The number of carbonyl (C=O) groups is 2. The van der Waals surface area contributed by atoms with Crippen LogP contribution in [0.4, 0.5) is 0 Å². The van der Waals surface area contributed by atoms with Gasteiger partial charge in [0.1, 0.15) is 11.2 Å². The van der Waals surface area contributed by atoms with Crippen molar-refractivity contribution < 1.29 is 18.7 Å². The molecule has 8 heteroatoms. The van der Waals surface area contributed by atoms with Crippen LogP contribution in [0.1, 0.15) is 70.3 Å². The molecule has 1 aliphatic carbocycles. The average Bonchev–Trinajstić information content (AvgIpc) is 3.47. The zero-order chi connectivity index (χ0) is 25.0. The number of carbonyl (C=O) groups excluding carboxylic acids is 2. The molecule has 0 spiro atoms. The molecule has 0 bridgehead atoms. The molecule has 1 atom stereocenters. The monoisotopic (exact) mass is 486 g/mol. The Bertz CT molecular complexity index is 1000. The molecule has 2 aromatic rings. The highest BCUT2D eigenvalue weighted by molar-refractivity contribution is 6.02. The van der Waals surface area contributed by atoms with Crippen molar-refractivity contribution in [1.82, 2.24) is 19.7 Å². The number of aromatic nitrogens is 1. The van der Waals surface area contributed by atoms with E-state index in [1.54, 1.807) is 6.26 Å². The van der Waals surface area contributed by atoms with Gasteiger partial charge in [0.15, 0.2) is 5.58 Å². The van der Waals surface area contributed by atoms with Gasteiger partial charge in [0.2, 0.25) is 5.91 Å². The molecular weight excluding hydrogens is 444 g/mol. The maximum Gasteiger partial charge on any atom is 0.271 e. The number of fused-ring (bicyclic) bond motifs is 3. The van der Waals surface area contributed by atoms with Crippen LogP contribution in [-0.4, -0.2) is 77.2 Å². The third-order valence-electron chi connectivity index (χ3n) is 7.85. The van der Waals surface area contributed by atoms with Crippen LogP contribution in [-0.2, 0) is 16.1 Å². The first-order chi connectivity index (χ1) is 17.0. The van der Waals surface area contributed by atoms with Crippen LogP contribution in [0, 0.1) is 5.92 Å². The van der Waals surface area contributed by atoms with Crippen molar-refractivity contribution >= 4 is 22.9 Å². The highest BCUT2D eigenvalue weighted by atomic mass is 16.5. The number of ether oxygens (including phenoxy) is 1. The Labute approximate surface area is 208 Å². The van der Waals surface area contributed by atoms with E-state index in [0.29, 0.717) is 24.4 Å². The normalized spacial score (nSPS) is 27.3. The molecule has 2 amide bonds. The molecule has 194 valence electrons. The molecule has 1 unspecified atom stereocenters. The van der Waals surface area contributed by atoms with E-state index in [4.69, 9.17) is 9.15 Å². The van der Waals surface area contributed by atoms with Gasteiger partial charge in [-0.25, -0.2) is 0 Å². The summed E-state index contributed by atoms with van der Waals surface area (Å²) in [5.41, 5.74) is 1.23. The molecule has 2 fully saturated rings. The second-order valence-corrected chi connectivity index (χ2v) is 10.3. The molecule has 0 radical (unpaired) electrons.